The Labute approximate surface area is 197 Å². The highest BCUT2D eigenvalue weighted by atomic mass is 32.1. The zero-order valence-corrected chi connectivity index (χ0v) is 19.9. The number of nitrogens with one attached hydrogen (secondary N) is 2. The van der Waals surface area contributed by atoms with Gasteiger partial charge in [0.2, 0.25) is 0 Å². The number of nitrogens with zero attached hydrogens (tertiary/aromatic N) is 3. The number of amides is 2. The van der Waals surface area contributed by atoms with Crippen molar-refractivity contribution in [3.8, 4) is 11.5 Å². The summed E-state index contributed by atoms with van der Waals surface area (Å²) in [6, 6.07) is 12.2. The van der Waals surface area contributed by atoms with Crippen LogP contribution in [0.4, 0.5) is 10.5 Å². The maximum absolute atomic E-state index is 12.8. The predicted octanol–water partition coefficient (Wildman–Crippen LogP) is 4.02. The maximum Gasteiger partial charge on any atom is 0.319 e. The highest BCUT2D eigenvalue weighted by Gasteiger charge is 2.50. The van der Waals surface area contributed by atoms with Crippen molar-refractivity contribution in [2.75, 3.05) is 33.1 Å². The van der Waals surface area contributed by atoms with Crippen molar-refractivity contribution in [3.05, 3.63) is 42.0 Å². The van der Waals surface area contributed by atoms with E-state index in [0.29, 0.717) is 11.7 Å². The van der Waals surface area contributed by atoms with E-state index in [1.54, 1.807) is 14.2 Å². The summed E-state index contributed by atoms with van der Waals surface area (Å²) in [6.45, 7) is 1.04. The van der Waals surface area contributed by atoms with Crippen LogP contribution in [0.3, 0.4) is 0 Å². The lowest BCUT2D eigenvalue weighted by molar-refractivity contribution is 0.156. The molecule has 2 aliphatic rings. The highest BCUT2D eigenvalue weighted by Crippen LogP contribution is 2.49. The van der Waals surface area contributed by atoms with Crippen LogP contribution in [0, 0.1) is 0 Å². The van der Waals surface area contributed by atoms with Crippen LogP contribution in [0.1, 0.15) is 31.2 Å². The molecule has 0 spiro atoms. The molecule has 1 saturated heterocycles. The fourth-order valence-electron chi connectivity index (χ4n) is 5.65. The smallest absolute Gasteiger partial charge is 0.319 e. The standard InChI is InChI=1S/C24H29N5O3S/c1-29-12-11-24(15-7-8-19(31-2)20(13-15)32-3)10-9-16(14-21(24)29)25-23(30)26-17-5-4-6-18-22(17)28-33-27-18/h4-8,13,16,21H,9-12,14H2,1-3H3,(H2,25,26,30)/t16-,21+,24+/m1/s1. The Bertz CT molecular complexity index is 1170. The monoisotopic (exact) mass is 467 g/mol. The van der Waals surface area contributed by atoms with E-state index in [9.17, 15) is 4.79 Å². The van der Waals surface area contributed by atoms with E-state index in [2.05, 4.69) is 43.5 Å². The van der Waals surface area contributed by atoms with E-state index in [-0.39, 0.29) is 17.5 Å². The predicted molar refractivity (Wildman–Crippen MR) is 129 cm³/mol. The third-order valence-corrected chi connectivity index (χ3v) is 7.90. The molecular formula is C24H29N5O3S. The second kappa shape index (κ2) is 8.79. The number of urea groups is 1. The van der Waals surface area contributed by atoms with Crippen LogP contribution >= 0.6 is 11.7 Å². The third-order valence-electron chi connectivity index (χ3n) is 7.36. The van der Waals surface area contributed by atoms with Gasteiger partial charge in [0, 0.05) is 17.5 Å². The van der Waals surface area contributed by atoms with Crippen LogP contribution in [0.15, 0.2) is 36.4 Å². The molecule has 0 bridgehead atoms. The maximum atomic E-state index is 12.8. The molecule has 1 aromatic heterocycles. The van der Waals surface area contributed by atoms with Crippen molar-refractivity contribution in [2.45, 2.75) is 43.2 Å². The lowest BCUT2D eigenvalue weighted by Crippen LogP contribution is -2.52. The minimum absolute atomic E-state index is 0.0564. The van der Waals surface area contributed by atoms with Gasteiger partial charge in [0.25, 0.3) is 0 Å². The van der Waals surface area contributed by atoms with Gasteiger partial charge in [0.15, 0.2) is 11.5 Å². The number of likely N-dealkylation sites (N-methyl/N-ethyl adjacent to an activating group) is 1. The molecule has 2 N–H and O–H groups in total. The quantitative estimate of drug-likeness (QED) is 0.589. The molecule has 2 heterocycles. The van der Waals surface area contributed by atoms with Crippen LogP contribution in [0.25, 0.3) is 11.0 Å². The molecule has 9 heteroatoms. The second-order valence-corrected chi connectivity index (χ2v) is 9.51. The van der Waals surface area contributed by atoms with Gasteiger partial charge in [-0.2, -0.15) is 8.75 Å². The molecule has 174 valence electrons. The molecular weight excluding hydrogens is 438 g/mol. The van der Waals surface area contributed by atoms with Gasteiger partial charge in [-0.25, -0.2) is 4.79 Å². The van der Waals surface area contributed by atoms with Crippen molar-refractivity contribution in [2.24, 2.45) is 0 Å². The summed E-state index contributed by atoms with van der Waals surface area (Å²) in [5.41, 5.74) is 3.56. The van der Waals surface area contributed by atoms with Crippen LogP contribution in [-0.2, 0) is 5.41 Å². The summed E-state index contributed by atoms with van der Waals surface area (Å²) in [5, 5.41) is 6.17. The van der Waals surface area contributed by atoms with E-state index in [1.807, 2.05) is 24.3 Å². The Hall–Kier alpha value is -2.91. The first-order valence-corrected chi connectivity index (χ1v) is 12.0. The number of anilines is 1. The summed E-state index contributed by atoms with van der Waals surface area (Å²) < 4.78 is 19.6. The molecule has 2 amide bonds. The SMILES string of the molecule is COc1ccc([C@@]23CC[C@@H](NC(=O)Nc4cccc5nsnc45)C[C@@H]2N(C)CC3)cc1OC. The normalized spacial score (nSPS) is 24.9. The number of carbonyl (C=O) groups excluding carboxylic acids is 1. The Balaban J connectivity index is 1.31. The van der Waals surface area contributed by atoms with Crippen molar-refractivity contribution in [1.82, 2.24) is 19.0 Å². The first kappa shape index (κ1) is 21.9. The van der Waals surface area contributed by atoms with E-state index >= 15 is 0 Å². The van der Waals surface area contributed by atoms with Crippen molar-refractivity contribution < 1.29 is 14.3 Å². The number of hydrogen-bond acceptors (Lipinski definition) is 7. The molecule has 8 nitrogen and oxygen atoms in total. The van der Waals surface area contributed by atoms with Gasteiger partial charge in [-0.05, 0) is 69.1 Å². The zero-order chi connectivity index (χ0) is 23.0. The van der Waals surface area contributed by atoms with Crippen molar-refractivity contribution in [3.63, 3.8) is 0 Å². The fraction of sp³-hybridized carbons (Fsp3) is 0.458. The van der Waals surface area contributed by atoms with E-state index in [1.165, 1.54) is 5.56 Å². The molecule has 1 aliphatic heterocycles. The first-order valence-electron chi connectivity index (χ1n) is 11.3. The van der Waals surface area contributed by atoms with Crippen LogP contribution in [0.5, 0.6) is 11.5 Å². The Kier molecular flexibility index (Phi) is 5.84. The number of benzene rings is 2. The van der Waals surface area contributed by atoms with Gasteiger partial charge in [-0.15, -0.1) is 0 Å². The zero-order valence-electron chi connectivity index (χ0n) is 19.1. The number of rotatable bonds is 5. The Morgan fingerprint density at radius 2 is 2.00 bits per heavy atom. The number of carbonyl (C=O) groups is 1. The largest absolute Gasteiger partial charge is 0.493 e. The van der Waals surface area contributed by atoms with Gasteiger partial charge >= 0.3 is 6.03 Å². The van der Waals surface area contributed by atoms with Gasteiger partial charge in [0.1, 0.15) is 11.0 Å². The van der Waals surface area contributed by atoms with Crippen LogP contribution < -0.4 is 20.1 Å². The summed E-state index contributed by atoms with van der Waals surface area (Å²) in [6.07, 6.45) is 3.94. The summed E-state index contributed by atoms with van der Waals surface area (Å²) >= 11 is 1.15. The van der Waals surface area contributed by atoms with E-state index in [0.717, 1.165) is 66.5 Å². The molecule has 0 radical (unpaired) electrons. The van der Waals surface area contributed by atoms with E-state index in [4.69, 9.17) is 9.47 Å². The topological polar surface area (TPSA) is 88.6 Å². The number of likely N-dealkylation sites (tertiary alicyclic amines) is 1. The van der Waals surface area contributed by atoms with E-state index < -0.39 is 0 Å². The van der Waals surface area contributed by atoms with Crippen molar-refractivity contribution >= 4 is 34.5 Å². The van der Waals surface area contributed by atoms with Crippen molar-refractivity contribution in [1.29, 1.82) is 0 Å². The molecule has 0 unspecified atom stereocenters. The number of aromatic nitrogens is 2. The van der Waals surface area contributed by atoms with Gasteiger partial charge < -0.3 is 25.0 Å². The minimum Gasteiger partial charge on any atom is -0.493 e. The minimum atomic E-state index is -0.195. The average molecular weight is 468 g/mol. The third kappa shape index (κ3) is 3.89. The molecule has 33 heavy (non-hydrogen) atoms. The molecule has 1 aliphatic carbocycles. The number of hydrogen-bond donors (Lipinski definition) is 2. The average Bonchev–Trinajstić information content (AvgIpc) is 3.45. The fourth-order valence-corrected chi connectivity index (χ4v) is 6.20. The van der Waals surface area contributed by atoms with Gasteiger partial charge in [0.05, 0.1) is 31.6 Å². The van der Waals surface area contributed by atoms with Gasteiger partial charge in [-0.3, -0.25) is 0 Å². The molecule has 2 fully saturated rings. The Morgan fingerprint density at radius 1 is 1.15 bits per heavy atom. The lowest BCUT2D eigenvalue weighted by atomic mass is 9.65. The van der Waals surface area contributed by atoms with Crippen LogP contribution in [-0.4, -0.2) is 59.6 Å². The van der Waals surface area contributed by atoms with Gasteiger partial charge in [-0.1, -0.05) is 12.1 Å². The number of fused-ring (bicyclic) bond motifs is 2. The molecule has 3 atom stereocenters. The summed E-state index contributed by atoms with van der Waals surface area (Å²) in [4.78, 5) is 15.2. The molecule has 3 aromatic rings. The Morgan fingerprint density at radius 3 is 2.82 bits per heavy atom. The second-order valence-electron chi connectivity index (χ2n) is 8.98. The summed E-state index contributed by atoms with van der Waals surface area (Å²) in [7, 11) is 5.53. The molecule has 2 aromatic carbocycles. The highest BCUT2D eigenvalue weighted by molar-refractivity contribution is 7.00. The number of methoxy groups -OCH3 is 2. The number of ether oxygens (including phenoxy) is 2. The molecule has 1 saturated carbocycles. The first-order chi connectivity index (χ1) is 16.0. The summed E-state index contributed by atoms with van der Waals surface area (Å²) in [5.74, 6) is 1.51. The van der Waals surface area contributed by atoms with Crippen LogP contribution in [0.2, 0.25) is 0 Å². The lowest BCUT2D eigenvalue weighted by Gasteiger charge is -2.45. The molecule has 5 rings (SSSR count).